The Morgan fingerprint density at radius 3 is 2.73 bits per heavy atom. The summed E-state index contributed by atoms with van der Waals surface area (Å²) in [5.41, 5.74) is 1.74. The van der Waals surface area contributed by atoms with Gasteiger partial charge < -0.3 is 14.4 Å². The molecule has 0 aliphatic carbocycles. The molecule has 5 nitrogen and oxygen atoms in total. The first-order valence-electron chi connectivity index (χ1n) is 8.56. The van der Waals surface area contributed by atoms with Gasteiger partial charge in [0, 0.05) is 15.4 Å². The van der Waals surface area contributed by atoms with Gasteiger partial charge in [-0.2, -0.15) is 0 Å². The zero-order chi connectivity index (χ0) is 18.7. The molecular weight excluding hydrogens is 396 g/mol. The van der Waals surface area contributed by atoms with Gasteiger partial charge in [-0.3, -0.25) is 0 Å². The molecule has 0 spiro atoms. The Labute approximate surface area is 160 Å². The van der Waals surface area contributed by atoms with Crippen LogP contribution in [0.5, 0.6) is 11.6 Å². The quantitative estimate of drug-likeness (QED) is 0.481. The van der Waals surface area contributed by atoms with Gasteiger partial charge in [0.15, 0.2) is 5.69 Å². The van der Waals surface area contributed by atoms with Crippen molar-refractivity contribution in [2.75, 3.05) is 6.61 Å². The number of ether oxygens (including phenoxy) is 1. The predicted octanol–water partition coefficient (Wildman–Crippen LogP) is 5.98. The number of rotatable bonds is 7. The van der Waals surface area contributed by atoms with Crippen molar-refractivity contribution in [3.8, 4) is 11.6 Å². The van der Waals surface area contributed by atoms with Crippen LogP contribution < -0.4 is 4.74 Å². The molecule has 0 amide bonds. The molecule has 3 rings (SSSR count). The fraction of sp³-hybridized carbons (Fsp3) is 0.300. The van der Waals surface area contributed by atoms with E-state index in [4.69, 9.17) is 4.74 Å². The second-order valence-electron chi connectivity index (χ2n) is 6.65. The van der Waals surface area contributed by atoms with Crippen molar-refractivity contribution in [3.63, 3.8) is 0 Å². The minimum atomic E-state index is -0.134. The highest BCUT2D eigenvalue weighted by atomic mass is 79.9. The van der Waals surface area contributed by atoms with Crippen LogP contribution in [0.15, 0.2) is 52.1 Å². The molecule has 1 aromatic heterocycles. The van der Waals surface area contributed by atoms with Crippen LogP contribution in [0.2, 0.25) is 0 Å². The summed E-state index contributed by atoms with van der Waals surface area (Å²) in [5, 5.41) is 14.2. The van der Waals surface area contributed by atoms with Gasteiger partial charge in [-0.1, -0.05) is 48.0 Å². The van der Waals surface area contributed by atoms with E-state index in [0.29, 0.717) is 24.5 Å². The number of hydrogen-bond donors (Lipinski definition) is 1. The summed E-state index contributed by atoms with van der Waals surface area (Å²) in [5.74, 6) is 1.22. The molecule has 0 atom stereocenters. The maximum absolute atomic E-state index is 11.2. The number of halogens is 1. The third-order valence-corrected chi connectivity index (χ3v) is 4.81. The van der Waals surface area contributed by atoms with Gasteiger partial charge in [0.2, 0.25) is 5.88 Å². The smallest absolute Gasteiger partial charge is 0.222 e. The van der Waals surface area contributed by atoms with Gasteiger partial charge in [0.05, 0.1) is 18.7 Å². The summed E-state index contributed by atoms with van der Waals surface area (Å²) in [4.78, 5) is 11.2. The Hall–Kier alpha value is -2.34. The molecule has 0 saturated carbocycles. The van der Waals surface area contributed by atoms with Crippen molar-refractivity contribution in [1.82, 2.24) is 4.57 Å². The highest BCUT2D eigenvalue weighted by molar-refractivity contribution is 9.10. The lowest BCUT2D eigenvalue weighted by atomic mass is 10.1. The van der Waals surface area contributed by atoms with Crippen LogP contribution in [0, 0.1) is 10.8 Å². The van der Waals surface area contributed by atoms with Crippen LogP contribution in [0.4, 0.5) is 5.69 Å². The zero-order valence-corrected chi connectivity index (χ0v) is 16.4. The van der Waals surface area contributed by atoms with Gasteiger partial charge in [0.1, 0.15) is 5.75 Å². The van der Waals surface area contributed by atoms with E-state index in [9.17, 15) is 10.0 Å². The van der Waals surface area contributed by atoms with Crippen LogP contribution in [0.1, 0.15) is 25.8 Å². The SMILES string of the molecule is CC(C)CCOc1ccccc1Cn1c(O)c(N=O)c2cc(Br)ccc21. The fourth-order valence-electron chi connectivity index (χ4n) is 2.90. The van der Waals surface area contributed by atoms with Crippen molar-refractivity contribution >= 4 is 32.5 Å². The average Bonchev–Trinajstić information content (AvgIpc) is 2.86. The molecule has 0 aliphatic heterocycles. The first kappa shape index (κ1) is 18.5. The van der Waals surface area contributed by atoms with Crippen LogP contribution >= 0.6 is 15.9 Å². The molecule has 1 heterocycles. The largest absolute Gasteiger partial charge is 0.493 e. The molecule has 1 N–H and O–H groups in total. The fourth-order valence-corrected chi connectivity index (χ4v) is 3.26. The molecule has 0 aliphatic rings. The summed E-state index contributed by atoms with van der Waals surface area (Å²) in [6.45, 7) is 5.34. The number of aromatic nitrogens is 1. The summed E-state index contributed by atoms with van der Waals surface area (Å²) >= 11 is 3.39. The number of hydrogen-bond acceptors (Lipinski definition) is 4. The third-order valence-electron chi connectivity index (χ3n) is 4.32. The number of aromatic hydroxyl groups is 1. The number of nitroso groups, excluding NO2 is 1. The second-order valence-corrected chi connectivity index (χ2v) is 7.57. The van der Waals surface area contributed by atoms with Gasteiger partial charge in [-0.15, -0.1) is 4.91 Å². The lowest BCUT2D eigenvalue weighted by Crippen LogP contribution is -2.06. The minimum absolute atomic E-state index is 0.0551. The predicted molar refractivity (Wildman–Crippen MR) is 107 cm³/mol. The standard InChI is InChI=1S/C20H21BrN2O3/c1-13(2)9-10-26-18-6-4-3-5-14(18)12-23-17-8-7-15(21)11-16(17)19(22-25)20(23)24/h3-8,11,13,24H,9-10,12H2,1-2H3. The Morgan fingerprint density at radius 1 is 1.23 bits per heavy atom. The summed E-state index contributed by atoms with van der Waals surface area (Å²) in [7, 11) is 0. The maximum atomic E-state index is 11.2. The Kier molecular flexibility index (Phi) is 5.61. The first-order valence-corrected chi connectivity index (χ1v) is 9.35. The highest BCUT2D eigenvalue weighted by Gasteiger charge is 2.19. The Bertz CT molecular complexity index is 934. The second kappa shape index (κ2) is 7.91. The number of fused-ring (bicyclic) bond motifs is 1. The molecule has 3 aromatic rings. The number of para-hydroxylation sites is 1. The monoisotopic (exact) mass is 416 g/mol. The van der Waals surface area contributed by atoms with E-state index in [1.807, 2.05) is 36.4 Å². The Balaban J connectivity index is 1.97. The van der Waals surface area contributed by atoms with E-state index in [1.165, 1.54) is 0 Å². The van der Waals surface area contributed by atoms with Gasteiger partial charge in [-0.25, -0.2) is 0 Å². The number of nitrogens with zero attached hydrogens (tertiary/aromatic N) is 2. The van der Waals surface area contributed by atoms with Crippen molar-refractivity contribution in [2.24, 2.45) is 11.1 Å². The van der Waals surface area contributed by atoms with Crippen molar-refractivity contribution in [2.45, 2.75) is 26.8 Å². The van der Waals surface area contributed by atoms with Crippen molar-refractivity contribution in [1.29, 1.82) is 0 Å². The maximum Gasteiger partial charge on any atom is 0.222 e. The minimum Gasteiger partial charge on any atom is -0.493 e. The molecular formula is C20H21BrN2O3. The van der Waals surface area contributed by atoms with Crippen LogP contribution in [-0.2, 0) is 6.54 Å². The van der Waals surface area contributed by atoms with Gasteiger partial charge in [0.25, 0.3) is 0 Å². The average molecular weight is 417 g/mol. The topological polar surface area (TPSA) is 63.8 Å². The Morgan fingerprint density at radius 2 is 2.00 bits per heavy atom. The molecule has 2 aromatic carbocycles. The van der Waals surface area contributed by atoms with Crippen LogP contribution in [0.3, 0.4) is 0 Å². The van der Waals surface area contributed by atoms with E-state index in [2.05, 4.69) is 35.0 Å². The van der Waals surface area contributed by atoms with E-state index in [-0.39, 0.29) is 11.6 Å². The van der Waals surface area contributed by atoms with Crippen molar-refractivity contribution < 1.29 is 9.84 Å². The summed E-state index contributed by atoms with van der Waals surface area (Å²) in [6.07, 6.45) is 0.971. The normalized spacial score (nSPS) is 11.2. The molecule has 0 unspecified atom stereocenters. The van der Waals surface area contributed by atoms with E-state index < -0.39 is 0 Å². The number of benzene rings is 2. The van der Waals surface area contributed by atoms with Gasteiger partial charge in [-0.05, 0) is 41.8 Å². The molecule has 136 valence electrons. The van der Waals surface area contributed by atoms with E-state index in [1.54, 1.807) is 10.6 Å². The molecule has 0 radical (unpaired) electrons. The van der Waals surface area contributed by atoms with E-state index >= 15 is 0 Å². The molecule has 6 heteroatoms. The summed E-state index contributed by atoms with van der Waals surface area (Å²) < 4.78 is 8.44. The lowest BCUT2D eigenvalue weighted by molar-refractivity contribution is 0.286. The molecule has 0 bridgehead atoms. The molecule has 0 saturated heterocycles. The third kappa shape index (κ3) is 3.75. The van der Waals surface area contributed by atoms with E-state index in [0.717, 1.165) is 27.7 Å². The van der Waals surface area contributed by atoms with Gasteiger partial charge >= 0.3 is 0 Å². The first-order chi connectivity index (χ1) is 12.5. The zero-order valence-electron chi connectivity index (χ0n) is 14.8. The summed E-state index contributed by atoms with van der Waals surface area (Å²) in [6, 6.07) is 13.3. The highest BCUT2D eigenvalue weighted by Crippen LogP contribution is 2.40. The van der Waals surface area contributed by atoms with Crippen LogP contribution in [0.25, 0.3) is 10.9 Å². The van der Waals surface area contributed by atoms with Crippen LogP contribution in [-0.4, -0.2) is 16.3 Å². The molecule has 26 heavy (non-hydrogen) atoms. The van der Waals surface area contributed by atoms with Crippen molar-refractivity contribution in [3.05, 3.63) is 57.4 Å². The lowest BCUT2D eigenvalue weighted by Gasteiger charge is -2.14. The molecule has 0 fully saturated rings.